The van der Waals surface area contributed by atoms with Gasteiger partial charge >= 0.3 is 0 Å². The van der Waals surface area contributed by atoms with Gasteiger partial charge in [0.2, 0.25) is 0 Å². The number of hydrogen-bond donors (Lipinski definition) is 1. The molecule has 0 aliphatic heterocycles. The van der Waals surface area contributed by atoms with Gasteiger partial charge < -0.3 is 10.1 Å². The van der Waals surface area contributed by atoms with Gasteiger partial charge in [0, 0.05) is 36.1 Å². The molecule has 0 bridgehead atoms. The van der Waals surface area contributed by atoms with Crippen LogP contribution in [0, 0.1) is 0 Å². The smallest absolute Gasteiger partial charge is 0.142 e. The summed E-state index contributed by atoms with van der Waals surface area (Å²) in [5.41, 5.74) is 2.07. The number of pyridine rings is 1. The first-order valence-electron chi connectivity index (χ1n) is 6.80. The van der Waals surface area contributed by atoms with Crippen molar-refractivity contribution >= 4 is 23.2 Å². The lowest BCUT2D eigenvalue weighted by atomic mass is 10.2. The van der Waals surface area contributed by atoms with E-state index in [2.05, 4.69) is 10.3 Å². The summed E-state index contributed by atoms with van der Waals surface area (Å²) in [6.45, 7) is 5.28. The molecule has 2 rings (SSSR count). The lowest BCUT2D eigenvalue weighted by Crippen LogP contribution is -2.15. The van der Waals surface area contributed by atoms with E-state index in [1.165, 1.54) is 0 Å². The van der Waals surface area contributed by atoms with Crippen molar-refractivity contribution in [1.82, 2.24) is 10.3 Å². The second-order valence-electron chi connectivity index (χ2n) is 5.01. The SMILES string of the molecule is CC(C)Oc1c(Cl)cc(Cl)cc1CNCc1cccnc1. The van der Waals surface area contributed by atoms with Crippen LogP contribution in [0.5, 0.6) is 5.75 Å². The largest absolute Gasteiger partial charge is 0.489 e. The Morgan fingerprint density at radius 1 is 1.24 bits per heavy atom. The third-order valence-electron chi connectivity index (χ3n) is 2.81. The standard InChI is InChI=1S/C16H18Cl2N2O/c1-11(2)21-16-13(6-14(17)7-15(16)18)10-20-9-12-4-3-5-19-8-12/h3-8,11,20H,9-10H2,1-2H3. The normalized spacial score (nSPS) is 10.9. The zero-order chi connectivity index (χ0) is 15.2. The molecule has 21 heavy (non-hydrogen) atoms. The minimum Gasteiger partial charge on any atom is -0.489 e. The van der Waals surface area contributed by atoms with Crippen molar-refractivity contribution in [2.45, 2.75) is 33.0 Å². The number of hydrogen-bond acceptors (Lipinski definition) is 3. The Labute approximate surface area is 135 Å². The molecule has 0 spiro atoms. The van der Waals surface area contributed by atoms with Gasteiger partial charge in [0.25, 0.3) is 0 Å². The lowest BCUT2D eigenvalue weighted by molar-refractivity contribution is 0.239. The molecule has 1 heterocycles. The summed E-state index contributed by atoms with van der Waals surface area (Å²) in [7, 11) is 0. The molecular weight excluding hydrogens is 307 g/mol. The van der Waals surface area contributed by atoms with Crippen LogP contribution in [0.15, 0.2) is 36.7 Å². The zero-order valence-electron chi connectivity index (χ0n) is 12.1. The van der Waals surface area contributed by atoms with Gasteiger partial charge in [-0.1, -0.05) is 29.3 Å². The fourth-order valence-corrected chi connectivity index (χ4v) is 2.54. The van der Waals surface area contributed by atoms with Crippen LogP contribution in [0.3, 0.4) is 0 Å². The third-order valence-corrected chi connectivity index (χ3v) is 3.31. The monoisotopic (exact) mass is 324 g/mol. The Kier molecular flexibility index (Phi) is 5.85. The molecule has 0 aliphatic carbocycles. The lowest BCUT2D eigenvalue weighted by Gasteiger charge is -2.17. The van der Waals surface area contributed by atoms with Gasteiger partial charge in [-0.15, -0.1) is 0 Å². The summed E-state index contributed by atoms with van der Waals surface area (Å²) in [5, 5.41) is 4.49. The molecule has 0 amide bonds. The Bertz CT molecular complexity index is 588. The molecule has 1 N–H and O–H groups in total. The highest BCUT2D eigenvalue weighted by Gasteiger charge is 2.12. The number of ether oxygens (including phenoxy) is 1. The maximum Gasteiger partial charge on any atom is 0.142 e. The second-order valence-corrected chi connectivity index (χ2v) is 5.85. The average molecular weight is 325 g/mol. The van der Waals surface area contributed by atoms with Crippen molar-refractivity contribution in [2.75, 3.05) is 0 Å². The summed E-state index contributed by atoms with van der Waals surface area (Å²) < 4.78 is 5.79. The summed E-state index contributed by atoms with van der Waals surface area (Å²) in [4.78, 5) is 4.09. The first-order chi connectivity index (χ1) is 10.1. The molecule has 0 aliphatic rings. The number of halogens is 2. The molecule has 1 aromatic carbocycles. The summed E-state index contributed by atoms with van der Waals surface area (Å²) in [6, 6.07) is 7.52. The minimum atomic E-state index is 0.0562. The number of rotatable bonds is 6. The van der Waals surface area contributed by atoms with Crippen molar-refractivity contribution in [2.24, 2.45) is 0 Å². The third kappa shape index (κ3) is 4.88. The Morgan fingerprint density at radius 2 is 2.05 bits per heavy atom. The fourth-order valence-electron chi connectivity index (χ4n) is 1.96. The van der Waals surface area contributed by atoms with E-state index in [9.17, 15) is 0 Å². The van der Waals surface area contributed by atoms with Gasteiger partial charge in [0.05, 0.1) is 11.1 Å². The maximum absolute atomic E-state index is 6.23. The summed E-state index contributed by atoms with van der Waals surface area (Å²) in [6.07, 6.45) is 3.65. The fraction of sp³-hybridized carbons (Fsp3) is 0.312. The highest BCUT2D eigenvalue weighted by molar-refractivity contribution is 6.35. The van der Waals surface area contributed by atoms with Gasteiger partial charge in [-0.25, -0.2) is 0 Å². The molecule has 2 aromatic rings. The van der Waals surface area contributed by atoms with Gasteiger partial charge in [-0.05, 0) is 37.6 Å². The number of nitrogens with zero attached hydrogens (tertiary/aromatic N) is 1. The Morgan fingerprint density at radius 3 is 2.71 bits per heavy atom. The van der Waals surface area contributed by atoms with Crippen molar-refractivity contribution < 1.29 is 4.74 Å². The van der Waals surface area contributed by atoms with Crippen LogP contribution in [-0.4, -0.2) is 11.1 Å². The first kappa shape index (κ1) is 16.1. The number of nitrogens with one attached hydrogen (secondary N) is 1. The predicted octanol–water partition coefficient (Wildman–Crippen LogP) is 4.47. The number of aromatic nitrogens is 1. The van der Waals surface area contributed by atoms with E-state index in [4.69, 9.17) is 27.9 Å². The second kappa shape index (κ2) is 7.64. The first-order valence-corrected chi connectivity index (χ1v) is 7.56. The molecule has 0 atom stereocenters. The highest BCUT2D eigenvalue weighted by Crippen LogP contribution is 2.33. The van der Waals surface area contributed by atoms with Crippen LogP contribution in [0.2, 0.25) is 10.0 Å². The molecule has 3 nitrogen and oxygen atoms in total. The van der Waals surface area contributed by atoms with E-state index in [-0.39, 0.29) is 6.10 Å². The van der Waals surface area contributed by atoms with Crippen molar-refractivity contribution in [3.05, 3.63) is 57.8 Å². The van der Waals surface area contributed by atoms with Crippen molar-refractivity contribution in [3.8, 4) is 5.75 Å². The molecule has 1 aromatic heterocycles. The van der Waals surface area contributed by atoms with Crippen LogP contribution < -0.4 is 10.1 Å². The molecule has 0 unspecified atom stereocenters. The predicted molar refractivity (Wildman–Crippen MR) is 87.0 cm³/mol. The van der Waals surface area contributed by atoms with Gasteiger partial charge in [0.15, 0.2) is 0 Å². The maximum atomic E-state index is 6.23. The van der Waals surface area contributed by atoms with Gasteiger partial charge in [-0.3, -0.25) is 4.98 Å². The van der Waals surface area contributed by atoms with Gasteiger partial charge in [0.1, 0.15) is 5.75 Å². The molecular formula is C16H18Cl2N2O. The quantitative estimate of drug-likeness (QED) is 0.851. The number of benzene rings is 1. The van der Waals surface area contributed by atoms with Crippen LogP contribution in [-0.2, 0) is 13.1 Å². The van der Waals surface area contributed by atoms with E-state index in [1.807, 2.05) is 38.2 Å². The topological polar surface area (TPSA) is 34.1 Å². The molecule has 112 valence electrons. The van der Waals surface area contributed by atoms with Gasteiger partial charge in [-0.2, -0.15) is 0 Å². The Balaban J connectivity index is 2.07. The molecule has 0 saturated heterocycles. The van der Waals surface area contributed by atoms with Crippen LogP contribution >= 0.6 is 23.2 Å². The molecule has 0 fully saturated rings. The van der Waals surface area contributed by atoms with E-state index < -0.39 is 0 Å². The molecule has 0 radical (unpaired) electrons. The highest BCUT2D eigenvalue weighted by atomic mass is 35.5. The van der Waals surface area contributed by atoms with Crippen molar-refractivity contribution in [3.63, 3.8) is 0 Å². The minimum absolute atomic E-state index is 0.0562. The van der Waals surface area contributed by atoms with E-state index in [1.54, 1.807) is 12.3 Å². The average Bonchev–Trinajstić information content (AvgIpc) is 2.43. The van der Waals surface area contributed by atoms with Crippen molar-refractivity contribution in [1.29, 1.82) is 0 Å². The summed E-state index contributed by atoms with van der Waals surface area (Å²) >= 11 is 12.3. The van der Waals surface area contributed by atoms with E-state index in [0.29, 0.717) is 22.3 Å². The summed E-state index contributed by atoms with van der Waals surface area (Å²) in [5.74, 6) is 0.690. The van der Waals surface area contributed by atoms with Crippen LogP contribution in [0.4, 0.5) is 0 Å². The zero-order valence-corrected chi connectivity index (χ0v) is 13.6. The Hall–Kier alpha value is -1.29. The molecule has 5 heteroatoms. The van der Waals surface area contributed by atoms with E-state index >= 15 is 0 Å². The van der Waals surface area contributed by atoms with Crippen LogP contribution in [0.1, 0.15) is 25.0 Å². The van der Waals surface area contributed by atoms with Crippen LogP contribution in [0.25, 0.3) is 0 Å². The molecule has 0 saturated carbocycles. The van der Waals surface area contributed by atoms with E-state index in [0.717, 1.165) is 17.7 Å².